The van der Waals surface area contributed by atoms with Crippen LogP contribution in [0.25, 0.3) is 10.9 Å². The van der Waals surface area contributed by atoms with Gasteiger partial charge >= 0.3 is 5.97 Å². The van der Waals surface area contributed by atoms with Crippen molar-refractivity contribution in [1.82, 2.24) is 9.66 Å². The maximum atomic E-state index is 13.5. The third kappa shape index (κ3) is 5.74. The maximum absolute atomic E-state index is 13.5. The molecule has 1 atom stereocenters. The van der Waals surface area contributed by atoms with Crippen molar-refractivity contribution < 1.29 is 19.0 Å². The molecule has 1 aromatic heterocycles. The molecule has 0 bridgehead atoms. The maximum Gasteiger partial charge on any atom is 0.346 e. The first kappa shape index (κ1) is 26.1. The second-order valence-corrected chi connectivity index (χ2v) is 9.17. The minimum atomic E-state index is -0.817. The molecule has 0 amide bonds. The smallest absolute Gasteiger partial charge is 0.346 e. The van der Waals surface area contributed by atoms with Crippen LogP contribution in [0.5, 0.6) is 11.5 Å². The lowest BCUT2D eigenvalue weighted by Crippen LogP contribution is -2.26. The predicted octanol–water partition coefficient (Wildman–Crippen LogP) is 5.00. The number of methoxy groups -OCH3 is 2. The molecule has 0 N–H and O–H groups in total. The van der Waals surface area contributed by atoms with Gasteiger partial charge in [-0.2, -0.15) is 9.78 Å². The number of fused-ring (bicyclic) bond motifs is 1. The average molecular weight is 504 g/mol. The number of esters is 1. The summed E-state index contributed by atoms with van der Waals surface area (Å²) in [6, 6.07) is 11.0. The van der Waals surface area contributed by atoms with E-state index in [0.29, 0.717) is 40.2 Å². The van der Waals surface area contributed by atoms with Gasteiger partial charge in [-0.05, 0) is 56.0 Å². The summed E-state index contributed by atoms with van der Waals surface area (Å²) in [5.74, 6) is 1.27. The van der Waals surface area contributed by atoms with Gasteiger partial charge in [0.25, 0.3) is 5.56 Å². The standard InChI is InChI=1S/C29H33N3O5/c1-5-11-22-16-20(17-25(35-3)26(22)37-19(2)29(34)36-4)18-30-32-27(21-12-7-6-8-13-21)31-24-15-10-9-14-23(24)28(32)33/h5,9-10,14-19,21H,1,6-8,11-13H2,2-4H3/t19-/m1/s1. The second-order valence-electron chi connectivity index (χ2n) is 9.17. The number of carbonyl (C=O) groups excluding carboxylic acids is 1. The van der Waals surface area contributed by atoms with Crippen LogP contribution < -0.4 is 15.0 Å². The molecule has 194 valence electrons. The molecule has 0 aliphatic heterocycles. The summed E-state index contributed by atoms with van der Waals surface area (Å²) in [6.45, 7) is 5.45. The molecule has 0 saturated heterocycles. The molecular weight excluding hydrogens is 470 g/mol. The Morgan fingerprint density at radius 2 is 1.97 bits per heavy atom. The number of rotatable bonds is 9. The zero-order chi connectivity index (χ0) is 26.4. The molecule has 0 unspecified atom stereocenters. The Hall–Kier alpha value is -3.94. The monoisotopic (exact) mass is 503 g/mol. The lowest BCUT2D eigenvalue weighted by molar-refractivity contribution is -0.147. The Morgan fingerprint density at radius 1 is 1.22 bits per heavy atom. The number of allylic oxidation sites excluding steroid dienone is 1. The lowest BCUT2D eigenvalue weighted by Gasteiger charge is -2.22. The summed E-state index contributed by atoms with van der Waals surface area (Å²) >= 11 is 0. The van der Waals surface area contributed by atoms with E-state index in [1.54, 1.807) is 31.3 Å². The Morgan fingerprint density at radius 3 is 2.68 bits per heavy atom. The number of benzene rings is 2. The van der Waals surface area contributed by atoms with Gasteiger partial charge in [-0.15, -0.1) is 6.58 Å². The number of nitrogens with zero attached hydrogens (tertiary/aromatic N) is 3. The van der Waals surface area contributed by atoms with Gasteiger partial charge in [0.2, 0.25) is 0 Å². The molecule has 1 aliphatic carbocycles. The van der Waals surface area contributed by atoms with Crippen LogP contribution in [0.2, 0.25) is 0 Å². The molecule has 2 aromatic carbocycles. The average Bonchev–Trinajstić information content (AvgIpc) is 2.93. The van der Waals surface area contributed by atoms with E-state index in [9.17, 15) is 9.59 Å². The van der Waals surface area contributed by atoms with Crippen LogP contribution in [-0.2, 0) is 16.0 Å². The third-order valence-corrected chi connectivity index (χ3v) is 6.64. The molecule has 1 fully saturated rings. The van der Waals surface area contributed by atoms with Crippen molar-refractivity contribution in [1.29, 1.82) is 0 Å². The number of ether oxygens (including phenoxy) is 3. The van der Waals surface area contributed by atoms with Gasteiger partial charge < -0.3 is 14.2 Å². The van der Waals surface area contributed by atoms with Crippen molar-refractivity contribution in [2.24, 2.45) is 5.10 Å². The number of carbonyl (C=O) groups is 1. The SMILES string of the molecule is C=CCc1cc(C=Nn2c(C3CCCCC3)nc3ccccc3c2=O)cc(OC)c1O[C@H](C)C(=O)OC. The summed E-state index contributed by atoms with van der Waals surface area (Å²) in [4.78, 5) is 30.3. The molecule has 3 aromatic rings. The summed E-state index contributed by atoms with van der Waals surface area (Å²) in [7, 11) is 2.84. The van der Waals surface area contributed by atoms with Crippen LogP contribution in [0.3, 0.4) is 0 Å². The molecule has 1 heterocycles. The van der Waals surface area contributed by atoms with Crippen LogP contribution in [0.4, 0.5) is 0 Å². The molecule has 8 nitrogen and oxygen atoms in total. The second kappa shape index (κ2) is 11.9. The minimum Gasteiger partial charge on any atom is -0.493 e. The van der Waals surface area contributed by atoms with E-state index in [4.69, 9.17) is 19.2 Å². The topological polar surface area (TPSA) is 92.0 Å². The summed E-state index contributed by atoms with van der Waals surface area (Å²) in [5, 5.41) is 5.16. The van der Waals surface area contributed by atoms with Gasteiger partial charge in [-0.25, -0.2) is 9.78 Å². The highest BCUT2D eigenvalue weighted by atomic mass is 16.6. The molecule has 37 heavy (non-hydrogen) atoms. The van der Waals surface area contributed by atoms with E-state index in [2.05, 4.69) is 11.7 Å². The van der Waals surface area contributed by atoms with Gasteiger partial charge in [0.05, 0.1) is 31.3 Å². The quantitative estimate of drug-likeness (QED) is 0.232. The van der Waals surface area contributed by atoms with Gasteiger partial charge in [0.15, 0.2) is 17.6 Å². The molecular formula is C29H33N3O5. The number of para-hydroxylation sites is 1. The zero-order valence-corrected chi connectivity index (χ0v) is 21.6. The first-order valence-corrected chi connectivity index (χ1v) is 12.6. The van der Waals surface area contributed by atoms with Gasteiger partial charge in [0.1, 0.15) is 5.82 Å². The molecule has 1 aliphatic rings. The van der Waals surface area contributed by atoms with E-state index in [0.717, 1.165) is 31.2 Å². The van der Waals surface area contributed by atoms with Crippen molar-refractivity contribution in [2.75, 3.05) is 14.2 Å². The largest absolute Gasteiger partial charge is 0.493 e. The van der Waals surface area contributed by atoms with E-state index in [1.165, 1.54) is 25.3 Å². The normalized spacial score (nSPS) is 15.0. The van der Waals surface area contributed by atoms with E-state index in [1.807, 2.05) is 24.3 Å². The van der Waals surface area contributed by atoms with Crippen molar-refractivity contribution in [2.45, 2.75) is 57.5 Å². The Labute approximate surface area is 216 Å². The fraction of sp³-hybridized carbons (Fsp3) is 0.379. The number of hydrogen-bond acceptors (Lipinski definition) is 7. The molecule has 8 heteroatoms. The van der Waals surface area contributed by atoms with Crippen molar-refractivity contribution in [3.05, 3.63) is 76.4 Å². The molecule has 0 spiro atoms. The van der Waals surface area contributed by atoms with Crippen LogP contribution in [0.15, 0.2) is 58.9 Å². The Bertz CT molecular complexity index is 1370. The van der Waals surface area contributed by atoms with Crippen molar-refractivity contribution >= 4 is 23.1 Å². The summed E-state index contributed by atoms with van der Waals surface area (Å²) in [6.07, 6.45) is 8.44. The summed E-state index contributed by atoms with van der Waals surface area (Å²) in [5.41, 5.74) is 1.98. The third-order valence-electron chi connectivity index (χ3n) is 6.64. The predicted molar refractivity (Wildman–Crippen MR) is 144 cm³/mol. The molecule has 1 saturated carbocycles. The van der Waals surface area contributed by atoms with Crippen LogP contribution in [0.1, 0.15) is 61.9 Å². The van der Waals surface area contributed by atoms with E-state index in [-0.39, 0.29) is 11.5 Å². The molecule has 0 radical (unpaired) electrons. The van der Waals surface area contributed by atoms with Crippen LogP contribution in [0, 0.1) is 0 Å². The number of hydrogen-bond donors (Lipinski definition) is 0. The van der Waals surface area contributed by atoms with Crippen molar-refractivity contribution in [3.8, 4) is 11.5 Å². The van der Waals surface area contributed by atoms with Gasteiger partial charge in [-0.3, -0.25) is 4.79 Å². The first-order valence-electron chi connectivity index (χ1n) is 12.6. The summed E-state index contributed by atoms with van der Waals surface area (Å²) < 4.78 is 17.7. The van der Waals surface area contributed by atoms with Crippen LogP contribution in [-0.4, -0.2) is 42.2 Å². The van der Waals surface area contributed by atoms with Crippen LogP contribution >= 0.6 is 0 Å². The van der Waals surface area contributed by atoms with E-state index >= 15 is 0 Å². The molecule has 4 rings (SSSR count). The van der Waals surface area contributed by atoms with Gasteiger partial charge in [-0.1, -0.05) is 37.5 Å². The zero-order valence-electron chi connectivity index (χ0n) is 21.6. The minimum absolute atomic E-state index is 0.185. The van der Waals surface area contributed by atoms with E-state index < -0.39 is 12.1 Å². The Kier molecular flexibility index (Phi) is 8.38. The fourth-order valence-corrected chi connectivity index (χ4v) is 4.74. The Balaban J connectivity index is 1.78. The highest BCUT2D eigenvalue weighted by Gasteiger charge is 2.23. The lowest BCUT2D eigenvalue weighted by atomic mass is 9.88. The first-order chi connectivity index (χ1) is 18.0. The van der Waals surface area contributed by atoms with Gasteiger partial charge in [0, 0.05) is 11.5 Å². The number of aromatic nitrogens is 2. The fourth-order valence-electron chi connectivity index (χ4n) is 4.74. The van der Waals surface area contributed by atoms with Crippen molar-refractivity contribution in [3.63, 3.8) is 0 Å². The highest BCUT2D eigenvalue weighted by Crippen LogP contribution is 2.35. The highest BCUT2D eigenvalue weighted by molar-refractivity contribution is 5.82.